The summed E-state index contributed by atoms with van der Waals surface area (Å²) in [5.74, 6) is 3.37. The van der Waals surface area contributed by atoms with E-state index in [9.17, 15) is 0 Å². The lowest BCUT2D eigenvalue weighted by Crippen LogP contribution is -2.46. The quantitative estimate of drug-likeness (QED) is 0.212. The van der Waals surface area contributed by atoms with Gasteiger partial charge >= 0.3 is 0 Å². The Morgan fingerprint density at radius 3 is 2.28 bits per heavy atom. The number of rotatable bonds is 5. The van der Waals surface area contributed by atoms with Gasteiger partial charge in [0.15, 0.2) is 29.0 Å². The molecule has 0 bridgehead atoms. The summed E-state index contributed by atoms with van der Waals surface area (Å²) in [6.45, 7) is 4.13. The Bertz CT molecular complexity index is 1930. The smallest absolute Gasteiger partial charge is 0.179 e. The van der Waals surface area contributed by atoms with Gasteiger partial charge in [0.05, 0.1) is 43.0 Å². The van der Waals surface area contributed by atoms with Gasteiger partial charge in [-0.1, -0.05) is 58.4 Å². The molecule has 4 aromatic carbocycles. The van der Waals surface area contributed by atoms with Crippen LogP contribution in [0, 0.1) is 13.8 Å². The van der Waals surface area contributed by atoms with E-state index < -0.39 is 0 Å². The van der Waals surface area contributed by atoms with Gasteiger partial charge in [0, 0.05) is 21.3 Å². The van der Waals surface area contributed by atoms with E-state index in [1.807, 2.05) is 78.3 Å². The van der Waals surface area contributed by atoms with E-state index in [4.69, 9.17) is 24.6 Å². The zero-order valence-electron chi connectivity index (χ0n) is 24.2. The molecule has 1 N–H and O–H groups in total. The molecule has 5 aromatic rings. The topological polar surface area (TPSA) is 76.3 Å². The van der Waals surface area contributed by atoms with Crippen LogP contribution in [0.3, 0.4) is 0 Å². The number of methoxy groups -OCH3 is 2. The minimum absolute atomic E-state index is 0.344. The van der Waals surface area contributed by atoms with Crippen molar-refractivity contribution in [1.82, 2.24) is 9.78 Å². The summed E-state index contributed by atoms with van der Waals surface area (Å²) in [4.78, 5) is 12.7. The minimum atomic E-state index is -0.344. The molecule has 0 saturated carbocycles. The van der Waals surface area contributed by atoms with Gasteiger partial charge in [0.1, 0.15) is 0 Å². The predicted octanol–water partition coefficient (Wildman–Crippen LogP) is 8.06. The molecular weight excluding hydrogens is 604 g/mol. The molecule has 3 heterocycles. The van der Waals surface area contributed by atoms with Crippen molar-refractivity contribution in [1.29, 1.82) is 0 Å². The molecule has 8 nitrogen and oxygen atoms in total. The fourth-order valence-electron chi connectivity index (χ4n) is 5.86. The maximum atomic E-state index is 6.02. The predicted molar refractivity (Wildman–Crippen MR) is 175 cm³/mol. The third-order valence-electron chi connectivity index (χ3n) is 7.82. The van der Waals surface area contributed by atoms with Crippen LogP contribution in [0.2, 0.25) is 0 Å². The van der Waals surface area contributed by atoms with Gasteiger partial charge < -0.3 is 19.7 Å². The van der Waals surface area contributed by atoms with Crippen LogP contribution in [0.25, 0.3) is 5.69 Å². The average molecular weight is 634 g/mol. The van der Waals surface area contributed by atoms with Gasteiger partial charge in [-0.05, 0) is 67.9 Å². The Balaban J connectivity index is 1.53. The van der Waals surface area contributed by atoms with Crippen molar-refractivity contribution in [3.05, 3.63) is 118 Å². The van der Waals surface area contributed by atoms with E-state index in [-0.39, 0.29) is 6.04 Å². The molecule has 1 aromatic heterocycles. The first kappa shape index (κ1) is 27.0. The number of fused-ring (bicyclic) bond motifs is 4. The van der Waals surface area contributed by atoms with Gasteiger partial charge in [-0.3, -0.25) is 0 Å². The number of aliphatic imine (C=N–C) groups is 2. The number of ether oxygens (including phenoxy) is 2. The number of hydrogen-bond acceptors (Lipinski definition) is 7. The van der Waals surface area contributed by atoms with Crippen molar-refractivity contribution < 1.29 is 9.47 Å². The molecule has 0 fully saturated rings. The highest BCUT2D eigenvalue weighted by Crippen LogP contribution is 2.51. The van der Waals surface area contributed by atoms with E-state index in [1.165, 1.54) is 0 Å². The van der Waals surface area contributed by atoms with Crippen LogP contribution in [-0.4, -0.2) is 35.7 Å². The van der Waals surface area contributed by atoms with Gasteiger partial charge in [-0.25, -0.2) is 14.7 Å². The number of para-hydroxylation sites is 4. The van der Waals surface area contributed by atoms with E-state index in [1.54, 1.807) is 14.2 Å². The Morgan fingerprint density at radius 1 is 0.791 bits per heavy atom. The number of anilines is 2. The average Bonchev–Trinajstić information content (AvgIpc) is 3.36. The number of benzene rings is 4. The van der Waals surface area contributed by atoms with Crippen molar-refractivity contribution in [3.63, 3.8) is 0 Å². The fraction of sp³-hybridized carbons (Fsp3) is 0.147. The molecule has 0 amide bonds. The van der Waals surface area contributed by atoms with Crippen molar-refractivity contribution in [3.8, 4) is 17.2 Å². The maximum Gasteiger partial charge on any atom is 0.179 e. The second-order valence-corrected chi connectivity index (χ2v) is 11.3. The molecule has 0 spiro atoms. The Labute approximate surface area is 258 Å². The molecule has 0 radical (unpaired) electrons. The molecule has 1 atom stereocenters. The third-order valence-corrected chi connectivity index (χ3v) is 8.35. The summed E-state index contributed by atoms with van der Waals surface area (Å²) in [6, 6.07) is 30.0. The van der Waals surface area contributed by atoms with Gasteiger partial charge in [-0.15, -0.1) is 0 Å². The lowest BCUT2D eigenvalue weighted by molar-refractivity contribution is 0.350. The number of amidine groups is 2. The molecule has 7 rings (SSSR count). The molecule has 0 saturated heterocycles. The molecule has 2 aliphatic heterocycles. The fourth-order valence-corrected chi connectivity index (χ4v) is 6.12. The van der Waals surface area contributed by atoms with Crippen LogP contribution in [0.15, 0.2) is 105 Å². The number of nitrogens with zero attached hydrogens (tertiary/aromatic N) is 5. The highest BCUT2D eigenvalue weighted by Gasteiger charge is 2.43. The highest BCUT2D eigenvalue weighted by atomic mass is 79.9. The highest BCUT2D eigenvalue weighted by molar-refractivity contribution is 9.10. The van der Waals surface area contributed by atoms with Crippen LogP contribution in [0.1, 0.15) is 28.4 Å². The van der Waals surface area contributed by atoms with E-state index in [2.05, 4.69) is 57.3 Å². The molecule has 2 aliphatic rings. The van der Waals surface area contributed by atoms with Gasteiger partial charge in [-0.2, -0.15) is 5.10 Å². The first-order valence-corrected chi connectivity index (χ1v) is 14.7. The number of aromatic nitrogens is 2. The van der Waals surface area contributed by atoms with Crippen molar-refractivity contribution >= 4 is 50.5 Å². The normalized spacial score (nSPS) is 15.1. The van der Waals surface area contributed by atoms with Crippen LogP contribution < -0.4 is 19.7 Å². The van der Waals surface area contributed by atoms with Crippen LogP contribution >= 0.6 is 15.9 Å². The molecule has 43 heavy (non-hydrogen) atoms. The summed E-state index contributed by atoms with van der Waals surface area (Å²) in [5, 5.41) is 8.63. The summed E-state index contributed by atoms with van der Waals surface area (Å²) < 4.78 is 14.7. The number of halogens is 1. The summed E-state index contributed by atoms with van der Waals surface area (Å²) >= 11 is 3.54. The van der Waals surface area contributed by atoms with Crippen molar-refractivity contribution in [2.45, 2.75) is 19.9 Å². The molecular formula is C34H29BrN6O2. The third kappa shape index (κ3) is 4.47. The monoisotopic (exact) mass is 632 g/mol. The second-order valence-electron chi connectivity index (χ2n) is 10.4. The largest absolute Gasteiger partial charge is 0.493 e. The van der Waals surface area contributed by atoms with E-state index in [0.29, 0.717) is 23.2 Å². The molecule has 214 valence electrons. The Hall–Kier alpha value is -4.89. The number of nitrogens with one attached hydrogen (secondary N) is 1. The second kappa shape index (κ2) is 10.7. The first-order valence-electron chi connectivity index (χ1n) is 13.9. The number of hydrogen-bond donors (Lipinski definition) is 1. The van der Waals surface area contributed by atoms with Gasteiger partial charge in [0.2, 0.25) is 0 Å². The zero-order chi connectivity index (χ0) is 29.7. The van der Waals surface area contributed by atoms with E-state index >= 15 is 0 Å². The first-order chi connectivity index (χ1) is 21.0. The maximum absolute atomic E-state index is 6.02. The van der Waals surface area contributed by atoms with Crippen LogP contribution in [0.5, 0.6) is 11.5 Å². The summed E-state index contributed by atoms with van der Waals surface area (Å²) in [7, 11) is 3.33. The number of aryl methyl sites for hydroxylation is 2. The molecule has 9 heteroatoms. The summed E-state index contributed by atoms with van der Waals surface area (Å²) in [6.07, 6.45) is 0. The molecule has 0 unspecified atom stereocenters. The Kier molecular flexibility index (Phi) is 6.74. The summed E-state index contributed by atoms with van der Waals surface area (Å²) in [5.41, 5.74) is 7.53. The lowest BCUT2D eigenvalue weighted by Gasteiger charge is -2.41. The van der Waals surface area contributed by atoms with Crippen LogP contribution in [-0.2, 0) is 0 Å². The zero-order valence-corrected chi connectivity index (χ0v) is 25.8. The standard InChI is InChI=1S/C34H29BrN6O2/c1-20-10-5-7-13-26(20)41-33-29(21(2)39-41)30(24-11-9-15-28(42-3)31(24)43-4)40-27-14-8-6-12-25(27)37-32(34(40)38-33)36-23-18-16-22(35)17-19-23/h5-19,30H,1-4H3,(H,36,37)/t30-/m1/s1. The molecule has 0 aliphatic carbocycles. The van der Waals surface area contributed by atoms with Crippen LogP contribution in [0.4, 0.5) is 22.9 Å². The minimum Gasteiger partial charge on any atom is -0.493 e. The Morgan fingerprint density at radius 2 is 1.53 bits per heavy atom. The lowest BCUT2D eigenvalue weighted by atomic mass is 9.92. The SMILES string of the molecule is COc1cccc([C@@H]2c3c(C)nn(-c4ccccc4C)c3N=C3C(Nc4ccc(Br)cc4)=Nc4ccccc4N32)c1OC. The van der Waals surface area contributed by atoms with Crippen molar-refractivity contribution in [2.75, 3.05) is 24.4 Å². The van der Waals surface area contributed by atoms with E-state index in [0.717, 1.165) is 55.4 Å². The van der Waals surface area contributed by atoms with Crippen molar-refractivity contribution in [2.24, 2.45) is 9.98 Å². The van der Waals surface area contributed by atoms with Gasteiger partial charge in [0.25, 0.3) is 0 Å².